The van der Waals surface area contributed by atoms with Crippen LogP contribution in [0.25, 0.3) is 10.9 Å². The Morgan fingerprint density at radius 2 is 2.15 bits per heavy atom. The van der Waals surface area contributed by atoms with E-state index < -0.39 is 0 Å². The van der Waals surface area contributed by atoms with Crippen LogP contribution in [0, 0.1) is 0 Å². The van der Waals surface area contributed by atoms with Crippen LogP contribution >= 0.6 is 0 Å². The fourth-order valence-electron chi connectivity index (χ4n) is 2.19. The molecule has 2 aromatic heterocycles. The molecule has 4 heteroatoms. The topological polar surface area (TPSA) is 47.3 Å². The second kappa shape index (κ2) is 5.75. The molecule has 3 aromatic rings. The highest BCUT2D eigenvalue weighted by atomic mass is 16.5. The number of aromatic nitrogens is 1. The number of ether oxygens (including phenoxy) is 1. The van der Waals surface area contributed by atoms with E-state index in [0.29, 0.717) is 6.61 Å². The Kier molecular flexibility index (Phi) is 3.65. The second-order valence-corrected chi connectivity index (χ2v) is 4.51. The summed E-state index contributed by atoms with van der Waals surface area (Å²) in [6.07, 6.45) is 3.47. The minimum Gasteiger partial charge on any atom is -0.485 e. The lowest BCUT2D eigenvalue weighted by Gasteiger charge is -2.08. The average molecular weight is 268 g/mol. The molecule has 0 radical (unpaired) electrons. The van der Waals surface area contributed by atoms with Crippen molar-refractivity contribution in [3.05, 3.63) is 60.2 Å². The van der Waals surface area contributed by atoms with Gasteiger partial charge in [-0.1, -0.05) is 6.07 Å². The molecule has 0 atom stereocenters. The van der Waals surface area contributed by atoms with Crippen molar-refractivity contribution in [2.45, 2.75) is 13.2 Å². The van der Waals surface area contributed by atoms with E-state index in [-0.39, 0.29) is 0 Å². The summed E-state index contributed by atoms with van der Waals surface area (Å²) in [7, 11) is 1.91. The lowest BCUT2D eigenvalue weighted by Crippen LogP contribution is -2.07. The SMILES string of the molecule is CNCc1ccoc1COc1cccc2ncccc12. The highest BCUT2D eigenvalue weighted by Gasteiger charge is 2.08. The standard InChI is InChI=1S/C16H16N2O2/c1-17-10-12-7-9-19-16(12)11-20-15-6-2-5-14-13(15)4-3-8-18-14/h2-9,17H,10-11H2,1H3. The van der Waals surface area contributed by atoms with Crippen molar-refractivity contribution < 1.29 is 9.15 Å². The predicted molar refractivity (Wildman–Crippen MR) is 77.5 cm³/mol. The Labute approximate surface area is 117 Å². The van der Waals surface area contributed by atoms with E-state index in [0.717, 1.165) is 34.5 Å². The van der Waals surface area contributed by atoms with E-state index in [2.05, 4.69) is 10.3 Å². The Balaban J connectivity index is 1.81. The summed E-state index contributed by atoms with van der Waals surface area (Å²) in [4.78, 5) is 4.32. The van der Waals surface area contributed by atoms with Gasteiger partial charge in [-0.05, 0) is 37.4 Å². The maximum absolute atomic E-state index is 5.89. The van der Waals surface area contributed by atoms with Gasteiger partial charge in [-0.25, -0.2) is 0 Å². The third kappa shape index (κ3) is 2.51. The number of benzene rings is 1. The van der Waals surface area contributed by atoms with Gasteiger partial charge in [0.2, 0.25) is 0 Å². The van der Waals surface area contributed by atoms with E-state index in [4.69, 9.17) is 9.15 Å². The highest BCUT2D eigenvalue weighted by Crippen LogP contribution is 2.25. The molecule has 0 saturated carbocycles. The van der Waals surface area contributed by atoms with Crippen LogP contribution in [-0.4, -0.2) is 12.0 Å². The van der Waals surface area contributed by atoms with Crippen LogP contribution in [0.4, 0.5) is 0 Å². The Morgan fingerprint density at radius 3 is 3.05 bits per heavy atom. The molecule has 2 heterocycles. The first-order chi connectivity index (χ1) is 9.88. The fourth-order valence-corrected chi connectivity index (χ4v) is 2.19. The van der Waals surface area contributed by atoms with Gasteiger partial charge >= 0.3 is 0 Å². The molecule has 0 saturated heterocycles. The van der Waals surface area contributed by atoms with Crippen molar-refractivity contribution in [1.82, 2.24) is 10.3 Å². The molecule has 1 aromatic carbocycles. The Bertz CT molecular complexity index is 701. The van der Waals surface area contributed by atoms with Gasteiger partial charge in [0.1, 0.15) is 18.1 Å². The third-order valence-corrected chi connectivity index (χ3v) is 3.17. The zero-order chi connectivity index (χ0) is 13.8. The number of furan rings is 1. The van der Waals surface area contributed by atoms with Gasteiger partial charge in [0, 0.05) is 23.7 Å². The molecule has 0 bridgehead atoms. The molecule has 1 N–H and O–H groups in total. The maximum Gasteiger partial charge on any atom is 0.146 e. The minimum absolute atomic E-state index is 0.415. The lowest BCUT2D eigenvalue weighted by atomic mass is 10.2. The molecule has 0 amide bonds. The van der Waals surface area contributed by atoms with Crippen LogP contribution in [0.3, 0.4) is 0 Å². The predicted octanol–water partition coefficient (Wildman–Crippen LogP) is 3.13. The van der Waals surface area contributed by atoms with Crippen LogP contribution in [0.1, 0.15) is 11.3 Å². The monoisotopic (exact) mass is 268 g/mol. The number of rotatable bonds is 5. The van der Waals surface area contributed by atoms with Crippen molar-refractivity contribution in [3.63, 3.8) is 0 Å². The van der Waals surface area contributed by atoms with Gasteiger partial charge in [0.25, 0.3) is 0 Å². The molecule has 0 unspecified atom stereocenters. The highest BCUT2D eigenvalue weighted by molar-refractivity contribution is 5.84. The van der Waals surface area contributed by atoms with Gasteiger partial charge in [-0.3, -0.25) is 4.98 Å². The molecule has 0 aliphatic rings. The molecule has 4 nitrogen and oxygen atoms in total. The quantitative estimate of drug-likeness (QED) is 0.772. The number of nitrogens with one attached hydrogen (secondary N) is 1. The summed E-state index contributed by atoms with van der Waals surface area (Å²) in [5.41, 5.74) is 2.05. The summed E-state index contributed by atoms with van der Waals surface area (Å²) in [5.74, 6) is 1.67. The van der Waals surface area contributed by atoms with E-state index >= 15 is 0 Å². The van der Waals surface area contributed by atoms with E-state index in [1.165, 1.54) is 0 Å². The number of hydrogen-bond donors (Lipinski definition) is 1. The number of pyridine rings is 1. The number of hydrogen-bond acceptors (Lipinski definition) is 4. The van der Waals surface area contributed by atoms with E-state index in [1.807, 2.05) is 43.4 Å². The molecule has 20 heavy (non-hydrogen) atoms. The van der Waals surface area contributed by atoms with E-state index in [9.17, 15) is 0 Å². The summed E-state index contributed by atoms with van der Waals surface area (Å²) in [5, 5.41) is 4.12. The molecule has 102 valence electrons. The summed E-state index contributed by atoms with van der Waals surface area (Å²) >= 11 is 0. The molecule has 3 rings (SSSR count). The normalized spacial score (nSPS) is 10.8. The zero-order valence-electron chi connectivity index (χ0n) is 11.3. The lowest BCUT2D eigenvalue weighted by molar-refractivity contribution is 0.271. The van der Waals surface area contributed by atoms with Crippen LogP contribution in [0.2, 0.25) is 0 Å². The number of fused-ring (bicyclic) bond motifs is 1. The largest absolute Gasteiger partial charge is 0.485 e. The van der Waals surface area contributed by atoms with Gasteiger partial charge in [0.15, 0.2) is 0 Å². The maximum atomic E-state index is 5.89. The molecular weight excluding hydrogens is 252 g/mol. The third-order valence-electron chi connectivity index (χ3n) is 3.17. The van der Waals surface area contributed by atoms with Crippen molar-refractivity contribution in [3.8, 4) is 5.75 Å². The van der Waals surface area contributed by atoms with E-state index in [1.54, 1.807) is 12.5 Å². The molecule has 0 fully saturated rings. The van der Waals surface area contributed by atoms with Crippen LogP contribution < -0.4 is 10.1 Å². The van der Waals surface area contributed by atoms with Crippen molar-refractivity contribution in [1.29, 1.82) is 0 Å². The smallest absolute Gasteiger partial charge is 0.146 e. The first-order valence-corrected chi connectivity index (χ1v) is 6.55. The van der Waals surface area contributed by atoms with Crippen molar-refractivity contribution >= 4 is 10.9 Å². The van der Waals surface area contributed by atoms with Crippen LogP contribution in [0.5, 0.6) is 5.75 Å². The first kappa shape index (κ1) is 12.7. The summed E-state index contributed by atoms with van der Waals surface area (Å²) in [6, 6.07) is 11.7. The van der Waals surface area contributed by atoms with Gasteiger partial charge < -0.3 is 14.5 Å². The summed E-state index contributed by atoms with van der Waals surface area (Å²) < 4.78 is 11.4. The average Bonchev–Trinajstić information content (AvgIpc) is 2.93. The Morgan fingerprint density at radius 1 is 1.20 bits per heavy atom. The minimum atomic E-state index is 0.415. The summed E-state index contributed by atoms with van der Waals surface area (Å²) in [6.45, 7) is 1.18. The Hall–Kier alpha value is -2.33. The van der Waals surface area contributed by atoms with Gasteiger partial charge in [-0.2, -0.15) is 0 Å². The molecule has 0 spiro atoms. The van der Waals surface area contributed by atoms with Gasteiger partial charge in [-0.15, -0.1) is 0 Å². The fraction of sp³-hybridized carbons (Fsp3) is 0.188. The van der Waals surface area contributed by atoms with Crippen molar-refractivity contribution in [2.24, 2.45) is 0 Å². The van der Waals surface area contributed by atoms with Gasteiger partial charge in [0.05, 0.1) is 11.8 Å². The second-order valence-electron chi connectivity index (χ2n) is 4.51. The van der Waals surface area contributed by atoms with Crippen LogP contribution in [0.15, 0.2) is 53.3 Å². The zero-order valence-corrected chi connectivity index (χ0v) is 11.3. The first-order valence-electron chi connectivity index (χ1n) is 6.55. The number of nitrogens with zero attached hydrogens (tertiary/aromatic N) is 1. The molecule has 0 aliphatic heterocycles. The van der Waals surface area contributed by atoms with Crippen molar-refractivity contribution in [2.75, 3.05) is 7.05 Å². The van der Waals surface area contributed by atoms with Crippen LogP contribution in [-0.2, 0) is 13.2 Å². The molecular formula is C16H16N2O2. The molecule has 0 aliphatic carbocycles.